The van der Waals surface area contributed by atoms with Crippen LogP contribution < -0.4 is 0 Å². The number of rotatable bonds is 11. The van der Waals surface area contributed by atoms with Crippen LogP contribution in [-0.2, 0) is 4.79 Å². The summed E-state index contributed by atoms with van der Waals surface area (Å²) in [6, 6.07) is 0. The second-order valence-corrected chi connectivity index (χ2v) is 8.01. The molecule has 1 saturated heterocycles. The molecule has 1 aliphatic heterocycles. The Balaban J connectivity index is 1.99. The van der Waals surface area contributed by atoms with E-state index in [4.69, 9.17) is 0 Å². The summed E-state index contributed by atoms with van der Waals surface area (Å²) in [6.45, 7) is 9.38. The lowest BCUT2D eigenvalue weighted by atomic mass is 10.1. The highest BCUT2D eigenvalue weighted by molar-refractivity contribution is 5.76. The van der Waals surface area contributed by atoms with Gasteiger partial charge in [0.05, 0.1) is 12.8 Å². The maximum atomic E-state index is 12.2. The molecule has 0 spiro atoms. The summed E-state index contributed by atoms with van der Waals surface area (Å²) in [7, 11) is 0. The van der Waals surface area contributed by atoms with Crippen molar-refractivity contribution in [3.05, 3.63) is 0 Å². The molecule has 1 amide bonds. The van der Waals surface area contributed by atoms with Crippen LogP contribution in [0.1, 0.15) is 97.3 Å². The predicted molar refractivity (Wildman–Crippen MR) is 128 cm³/mol. The molecule has 0 radical (unpaired) electrons. The largest absolute Gasteiger partial charge is 0.340 e. The van der Waals surface area contributed by atoms with Crippen molar-refractivity contribution in [2.45, 2.75) is 97.3 Å². The minimum atomic E-state index is 0.285. The number of hydrogen-bond acceptors (Lipinski definition) is 2. The van der Waals surface area contributed by atoms with Gasteiger partial charge >= 0.3 is 0 Å². The van der Waals surface area contributed by atoms with Crippen LogP contribution in [0.15, 0.2) is 0 Å². The molecule has 0 aromatic carbocycles. The molecule has 0 aliphatic carbocycles. The van der Waals surface area contributed by atoms with Gasteiger partial charge in [0.25, 0.3) is 0 Å². The first kappa shape index (κ1) is 26.1. The third-order valence-corrected chi connectivity index (χ3v) is 5.34. The molecule has 0 bridgehead atoms. The molecule has 30 heavy (non-hydrogen) atoms. The summed E-state index contributed by atoms with van der Waals surface area (Å²) in [5.41, 5.74) is 0. The number of hydrogen-bond donors (Lipinski definition) is 0. The van der Waals surface area contributed by atoms with Crippen LogP contribution in [0.3, 0.4) is 0 Å². The number of amides is 1. The first-order valence-electron chi connectivity index (χ1n) is 12.1. The number of carbonyl (C=O) groups excluding carboxylic acids is 1. The van der Waals surface area contributed by atoms with E-state index in [1.54, 1.807) is 0 Å². The van der Waals surface area contributed by atoms with Gasteiger partial charge in [-0.25, -0.2) is 0 Å². The Hall–Kier alpha value is -1.89. The van der Waals surface area contributed by atoms with E-state index in [0.717, 1.165) is 52.0 Å². The number of nitrogens with zero attached hydrogens (tertiary/aromatic N) is 2. The molecule has 1 fully saturated rings. The van der Waals surface area contributed by atoms with Crippen molar-refractivity contribution in [2.75, 3.05) is 32.7 Å². The van der Waals surface area contributed by atoms with Gasteiger partial charge in [0.1, 0.15) is 0 Å². The van der Waals surface area contributed by atoms with Crippen molar-refractivity contribution < 1.29 is 4.79 Å². The Kier molecular flexibility index (Phi) is 16.6. The van der Waals surface area contributed by atoms with Gasteiger partial charge in [0, 0.05) is 45.4 Å². The fraction of sp³-hybridized carbons (Fsp3) is 0.741. The van der Waals surface area contributed by atoms with Gasteiger partial charge < -0.3 is 4.90 Å². The highest BCUT2D eigenvalue weighted by Gasteiger charge is 2.19. The zero-order chi connectivity index (χ0) is 21.7. The number of piperazine rings is 1. The molecule has 1 rings (SSSR count). The zero-order valence-corrected chi connectivity index (χ0v) is 19.5. The first-order valence-corrected chi connectivity index (χ1v) is 12.1. The second-order valence-electron chi connectivity index (χ2n) is 8.01. The lowest BCUT2D eigenvalue weighted by molar-refractivity contribution is -0.133. The second kappa shape index (κ2) is 19.1. The Bertz CT molecular complexity index is 627. The summed E-state index contributed by atoms with van der Waals surface area (Å²) in [6.07, 6.45) is 13.6. The first-order chi connectivity index (χ1) is 14.8. The van der Waals surface area contributed by atoms with Gasteiger partial charge in [-0.1, -0.05) is 69.6 Å². The Labute approximate surface area is 186 Å². The van der Waals surface area contributed by atoms with E-state index in [9.17, 15) is 4.79 Å². The smallest absolute Gasteiger partial charge is 0.222 e. The molecule has 3 heteroatoms. The molecule has 0 N–H and O–H groups in total. The van der Waals surface area contributed by atoms with E-state index < -0.39 is 0 Å². The molecule has 0 aromatic rings. The summed E-state index contributed by atoms with van der Waals surface area (Å²) in [5, 5.41) is 0. The summed E-state index contributed by atoms with van der Waals surface area (Å²) >= 11 is 0. The zero-order valence-electron chi connectivity index (χ0n) is 19.5. The molecule has 1 heterocycles. The number of unbranched alkanes of at least 4 members (excludes halogenated alkanes) is 7. The van der Waals surface area contributed by atoms with Crippen LogP contribution in [0.2, 0.25) is 0 Å². The predicted octanol–water partition coefficient (Wildman–Crippen LogP) is 5.25. The molecular weight excluding hydrogens is 368 g/mol. The van der Waals surface area contributed by atoms with E-state index in [1.807, 2.05) is 4.90 Å². The average molecular weight is 411 g/mol. The van der Waals surface area contributed by atoms with E-state index in [-0.39, 0.29) is 5.91 Å². The van der Waals surface area contributed by atoms with Crippen LogP contribution in [0.25, 0.3) is 0 Å². The van der Waals surface area contributed by atoms with Gasteiger partial charge in [0.15, 0.2) is 0 Å². The SMILES string of the molecule is CCCCCCCCC#CCC#CCC#CCCCC(=O)N1CCN(CCC)CC1. The van der Waals surface area contributed by atoms with Gasteiger partial charge in [-0.2, -0.15) is 0 Å². The van der Waals surface area contributed by atoms with Crippen molar-refractivity contribution >= 4 is 5.91 Å². The minimum Gasteiger partial charge on any atom is -0.340 e. The summed E-state index contributed by atoms with van der Waals surface area (Å²) in [4.78, 5) is 16.7. The van der Waals surface area contributed by atoms with Gasteiger partial charge in [-0.05, 0) is 25.8 Å². The topological polar surface area (TPSA) is 23.6 Å². The van der Waals surface area contributed by atoms with Gasteiger partial charge in [0.2, 0.25) is 5.91 Å². The Morgan fingerprint density at radius 2 is 1.23 bits per heavy atom. The maximum absolute atomic E-state index is 12.2. The van der Waals surface area contributed by atoms with Gasteiger partial charge in [-0.3, -0.25) is 9.69 Å². The standard InChI is InChI=1S/C27H42N2O/c1-3-5-6-7-8-9-10-11-12-13-14-15-16-17-18-19-20-21-27(30)29-25-23-28(22-4-2)24-26-29/h3-10,13,16,19-26H2,1-2H3. The van der Waals surface area contributed by atoms with Crippen molar-refractivity contribution in [1.82, 2.24) is 9.80 Å². The molecule has 166 valence electrons. The van der Waals surface area contributed by atoms with Crippen LogP contribution in [0.4, 0.5) is 0 Å². The van der Waals surface area contributed by atoms with Crippen LogP contribution in [-0.4, -0.2) is 48.4 Å². The van der Waals surface area contributed by atoms with Crippen LogP contribution in [0.5, 0.6) is 0 Å². The normalized spacial score (nSPS) is 13.5. The highest BCUT2D eigenvalue weighted by Crippen LogP contribution is 2.07. The number of carbonyl (C=O) groups is 1. The molecule has 0 saturated carbocycles. The Morgan fingerprint density at radius 1 is 0.667 bits per heavy atom. The molecule has 0 atom stereocenters. The monoisotopic (exact) mass is 410 g/mol. The third-order valence-electron chi connectivity index (χ3n) is 5.34. The summed E-state index contributed by atoms with van der Waals surface area (Å²) in [5.74, 6) is 19.0. The average Bonchev–Trinajstić information content (AvgIpc) is 2.76. The van der Waals surface area contributed by atoms with Crippen molar-refractivity contribution in [3.8, 4) is 35.5 Å². The fourth-order valence-electron chi connectivity index (χ4n) is 3.53. The lowest BCUT2D eigenvalue weighted by Crippen LogP contribution is -2.48. The van der Waals surface area contributed by atoms with Crippen molar-refractivity contribution in [3.63, 3.8) is 0 Å². The lowest BCUT2D eigenvalue weighted by Gasteiger charge is -2.34. The molecule has 0 aromatic heterocycles. The molecule has 1 aliphatic rings. The van der Waals surface area contributed by atoms with E-state index in [1.165, 1.54) is 44.9 Å². The maximum Gasteiger partial charge on any atom is 0.222 e. The van der Waals surface area contributed by atoms with Crippen LogP contribution in [0, 0.1) is 35.5 Å². The molecular formula is C27H42N2O. The van der Waals surface area contributed by atoms with Gasteiger partial charge in [-0.15, -0.1) is 11.8 Å². The summed E-state index contributed by atoms with van der Waals surface area (Å²) < 4.78 is 0. The fourth-order valence-corrected chi connectivity index (χ4v) is 3.53. The van der Waals surface area contributed by atoms with Crippen molar-refractivity contribution in [2.24, 2.45) is 0 Å². The minimum absolute atomic E-state index is 0.285. The van der Waals surface area contributed by atoms with Crippen molar-refractivity contribution in [1.29, 1.82) is 0 Å². The molecule has 3 nitrogen and oxygen atoms in total. The third kappa shape index (κ3) is 14.1. The van der Waals surface area contributed by atoms with E-state index in [2.05, 4.69) is 54.3 Å². The van der Waals surface area contributed by atoms with E-state index in [0.29, 0.717) is 19.3 Å². The van der Waals surface area contributed by atoms with Crippen LogP contribution >= 0.6 is 0 Å². The quantitative estimate of drug-likeness (QED) is 0.343. The van der Waals surface area contributed by atoms with E-state index >= 15 is 0 Å². The highest BCUT2D eigenvalue weighted by atomic mass is 16.2. The Morgan fingerprint density at radius 3 is 1.87 bits per heavy atom. The molecule has 0 unspecified atom stereocenters.